The van der Waals surface area contributed by atoms with Gasteiger partial charge in [-0.25, -0.2) is 26.7 Å². The standard InChI is InChI=1S/C23H32N5O5S3/c1-22(2)13-18(14-23(3,4)28(22)29)27-21(34)26-17-7-11-20(12-8-17)36(32,33)25-15-16-5-9-19(10-6-16)35(24,30)31/h5-12,18,25H,13-15H2,1-4H3,(H2,24,30,31)(H2,26,27,34)/q-1. The number of nitrogens with one attached hydrogen (secondary N) is 3. The van der Waals surface area contributed by atoms with Gasteiger partial charge in [0, 0.05) is 29.4 Å². The highest BCUT2D eigenvalue weighted by atomic mass is 32.2. The van der Waals surface area contributed by atoms with Crippen molar-refractivity contribution >= 4 is 43.1 Å². The van der Waals surface area contributed by atoms with Crippen LogP contribution in [0.3, 0.4) is 0 Å². The first kappa shape index (κ1) is 28.4. The largest absolute Gasteiger partial charge is 0.784 e. The van der Waals surface area contributed by atoms with Crippen molar-refractivity contribution in [1.82, 2.24) is 15.1 Å². The number of piperidine rings is 1. The predicted molar refractivity (Wildman–Crippen MR) is 144 cm³/mol. The van der Waals surface area contributed by atoms with Crippen molar-refractivity contribution < 1.29 is 16.8 Å². The van der Waals surface area contributed by atoms with E-state index >= 15 is 0 Å². The van der Waals surface area contributed by atoms with Gasteiger partial charge in [0.15, 0.2) is 5.11 Å². The van der Waals surface area contributed by atoms with Crippen molar-refractivity contribution in [2.45, 2.75) is 74.0 Å². The highest BCUT2D eigenvalue weighted by Gasteiger charge is 2.40. The van der Waals surface area contributed by atoms with Crippen LogP contribution in [0.5, 0.6) is 0 Å². The number of hydrogen-bond acceptors (Lipinski definition) is 7. The maximum Gasteiger partial charge on any atom is 0.240 e. The maximum atomic E-state index is 12.7. The van der Waals surface area contributed by atoms with Crippen LogP contribution in [-0.2, 0) is 26.6 Å². The molecule has 0 unspecified atom stereocenters. The molecule has 3 rings (SSSR count). The Bertz CT molecular complexity index is 1290. The van der Waals surface area contributed by atoms with Gasteiger partial charge in [0.25, 0.3) is 0 Å². The molecule has 198 valence electrons. The molecule has 10 nitrogen and oxygen atoms in total. The number of nitrogens with zero attached hydrogens (tertiary/aromatic N) is 1. The van der Waals surface area contributed by atoms with E-state index in [4.69, 9.17) is 17.4 Å². The van der Waals surface area contributed by atoms with Gasteiger partial charge in [-0.15, -0.1) is 0 Å². The van der Waals surface area contributed by atoms with Crippen LogP contribution in [0, 0.1) is 5.21 Å². The van der Waals surface area contributed by atoms with Crippen molar-refractivity contribution in [3.05, 3.63) is 59.3 Å². The van der Waals surface area contributed by atoms with E-state index in [1.165, 1.54) is 36.4 Å². The van der Waals surface area contributed by atoms with E-state index in [0.29, 0.717) is 29.2 Å². The third kappa shape index (κ3) is 7.00. The Morgan fingerprint density at radius 1 is 0.972 bits per heavy atom. The average Bonchev–Trinajstić information content (AvgIpc) is 2.75. The second-order valence-electron chi connectivity index (χ2n) is 10.2. The topological polar surface area (TPSA) is 157 Å². The van der Waals surface area contributed by atoms with E-state index in [9.17, 15) is 22.0 Å². The van der Waals surface area contributed by atoms with Crippen molar-refractivity contribution in [1.29, 1.82) is 0 Å². The molecule has 1 heterocycles. The van der Waals surface area contributed by atoms with E-state index in [1.807, 2.05) is 27.7 Å². The smallest absolute Gasteiger partial charge is 0.240 e. The zero-order valence-electron chi connectivity index (χ0n) is 20.6. The molecule has 0 aromatic heterocycles. The third-order valence-electron chi connectivity index (χ3n) is 6.07. The zero-order chi connectivity index (χ0) is 26.9. The average molecular weight is 555 g/mol. The van der Waals surface area contributed by atoms with E-state index in [0.717, 1.165) is 5.06 Å². The van der Waals surface area contributed by atoms with Gasteiger partial charge in [0.2, 0.25) is 20.0 Å². The van der Waals surface area contributed by atoms with Gasteiger partial charge in [0.05, 0.1) is 9.79 Å². The molecule has 0 amide bonds. The normalized spacial score (nSPS) is 18.5. The lowest BCUT2D eigenvalue weighted by molar-refractivity contribution is 0.00554. The predicted octanol–water partition coefficient (Wildman–Crippen LogP) is 2.62. The maximum absolute atomic E-state index is 12.7. The summed E-state index contributed by atoms with van der Waals surface area (Å²) in [6, 6.07) is 11.8. The lowest BCUT2D eigenvalue weighted by Crippen LogP contribution is -2.62. The molecular formula is C23H32N5O5S3-. The minimum absolute atomic E-state index is 0.0167. The Labute approximate surface area is 218 Å². The molecule has 1 fully saturated rings. The highest BCUT2D eigenvalue weighted by molar-refractivity contribution is 7.89. The Hall–Kier alpha value is -2.13. The molecule has 0 atom stereocenters. The molecule has 2 aromatic rings. The van der Waals surface area contributed by atoms with E-state index in [2.05, 4.69) is 15.4 Å². The molecule has 1 saturated heterocycles. The van der Waals surface area contributed by atoms with E-state index in [-0.39, 0.29) is 22.4 Å². The Morgan fingerprint density at radius 3 is 1.97 bits per heavy atom. The van der Waals surface area contributed by atoms with Crippen molar-refractivity contribution in [2.24, 2.45) is 5.14 Å². The first-order valence-electron chi connectivity index (χ1n) is 11.3. The van der Waals surface area contributed by atoms with Crippen molar-refractivity contribution in [3.63, 3.8) is 0 Å². The van der Waals surface area contributed by atoms with Crippen molar-refractivity contribution in [2.75, 3.05) is 5.32 Å². The molecule has 0 radical (unpaired) electrons. The summed E-state index contributed by atoms with van der Waals surface area (Å²) >= 11 is 5.44. The minimum atomic E-state index is -3.81. The summed E-state index contributed by atoms with van der Waals surface area (Å²) in [5.74, 6) is 0. The van der Waals surface area contributed by atoms with Crippen LogP contribution >= 0.6 is 12.2 Å². The number of nitrogens with two attached hydrogens (primary N) is 1. The number of hydroxylamine groups is 2. The molecule has 0 spiro atoms. The molecule has 13 heteroatoms. The second kappa shape index (κ2) is 10.3. The first-order valence-corrected chi connectivity index (χ1v) is 14.7. The number of thiocarbonyl (C=S) groups is 1. The number of benzene rings is 2. The quantitative estimate of drug-likeness (QED) is 0.378. The number of rotatable bonds is 7. The summed E-state index contributed by atoms with van der Waals surface area (Å²) in [5.41, 5.74) is 0.143. The van der Waals surface area contributed by atoms with Gasteiger partial charge >= 0.3 is 0 Å². The number of hydrogen-bond donors (Lipinski definition) is 4. The molecule has 0 aliphatic carbocycles. The molecule has 0 saturated carbocycles. The van der Waals surface area contributed by atoms with Crippen LogP contribution < -0.4 is 20.5 Å². The lowest BCUT2D eigenvalue weighted by Gasteiger charge is -2.60. The van der Waals surface area contributed by atoms with E-state index in [1.54, 1.807) is 12.1 Å². The van der Waals surface area contributed by atoms with Gasteiger partial charge in [-0.1, -0.05) is 12.1 Å². The van der Waals surface area contributed by atoms with Gasteiger partial charge in [-0.3, -0.25) is 0 Å². The lowest BCUT2D eigenvalue weighted by atomic mass is 9.79. The van der Waals surface area contributed by atoms with Crippen LogP contribution in [0.15, 0.2) is 58.3 Å². The van der Waals surface area contributed by atoms with Crippen molar-refractivity contribution in [3.8, 4) is 0 Å². The molecule has 1 aliphatic heterocycles. The summed E-state index contributed by atoms with van der Waals surface area (Å²) in [5, 5.41) is 25.5. The number of sulfonamides is 2. The van der Waals surface area contributed by atoms with Gasteiger partial charge in [0.1, 0.15) is 0 Å². The fourth-order valence-electron chi connectivity index (χ4n) is 4.49. The number of primary sulfonamides is 1. The SMILES string of the molecule is CC1(C)CC(NC(=S)Nc2ccc(S(=O)(=O)NCc3ccc(S(N)(=O)=O)cc3)cc2)CC(C)(C)N1[O-]. The fourth-order valence-corrected chi connectivity index (χ4v) is 6.31. The van der Waals surface area contributed by atoms with E-state index < -0.39 is 31.1 Å². The number of anilines is 1. The Morgan fingerprint density at radius 2 is 1.47 bits per heavy atom. The fraction of sp³-hybridized carbons (Fsp3) is 0.435. The first-order chi connectivity index (χ1) is 16.5. The zero-order valence-corrected chi connectivity index (χ0v) is 23.1. The molecule has 5 N–H and O–H groups in total. The van der Waals surface area contributed by atoms with Crippen LogP contribution in [0.1, 0.15) is 46.1 Å². The van der Waals surface area contributed by atoms with Crippen LogP contribution in [0.4, 0.5) is 5.69 Å². The molecule has 2 aromatic carbocycles. The third-order valence-corrected chi connectivity index (χ3v) is 8.63. The summed E-state index contributed by atoms with van der Waals surface area (Å²) in [6.45, 7) is 7.64. The van der Waals surface area contributed by atoms with Gasteiger partial charge in [-0.2, -0.15) is 0 Å². The van der Waals surface area contributed by atoms with Gasteiger partial charge in [-0.05, 0) is 94.7 Å². The highest BCUT2D eigenvalue weighted by Crippen LogP contribution is 2.37. The molecule has 0 bridgehead atoms. The molecule has 36 heavy (non-hydrogen) atoms. The molecule has 1 aliphatic rings. The van der Waals surface area contributed by atoms with Gasteiger partial charge < -0.3 is 20.9 Å². The van der Waals surface area contributed by atoms with Crippen LogP contribution in [0.25, 0.3) is 0 Å². The summed E-state index contributed by atoms with van der Waals surface area (Å²) in [6.07, 6.45) is 1.27. The Balaban J connectivity index is 1.57. The van der Waals surface area contributed by atoms with Crippen LogP contribution in [-0.4, -0.2) is 44.1 Å². The summed E-state index contributed by atoms with van der Waals surface area (Å²) in [4.78, 5) is 0.0206. The summed E-state index contributed by atoms with van der Waals surface area (Å²) < 4.78 is 50.5. The second-order valence-corrected chi connectivity index (χ2v) is 13.9. The minimum Gasteiger partial charge on any atom is -0.784 e. The summed E-state index contributed by atoms with van der Waals surface area (Å²) in [7, 11) is -7.61. The monoisotopic (exact) mass is 554 g/mol. The Kier molecular flexibility index (Phi) is 8.16. The van der Waals surface area contributed by atoms with Crippen LogP contribution in [0.2, 0.25) is 0 Å². The molecular weight excluding hydrogens is 522 g/mol.